The molecular weight excluding hydrogens is 323 g/mol. The molecule has 2 heterocycles. The number of rotatable bonds is 3. The van der Waals surface area contributed by atoms with Crippen LogP contribution in [0.4, 0.5) is 0 Å². The molecule has 3 rings (SSSR count). The Kier molecular flexibility index (Phi) is 3.88. The molecule has 0 saturated carbocycles. The third kappa shape index (κ3) is 2.84. The molecule has 0 radical (unpaired) electrons. The van der Waals surface area contributed by atoms with Gasteiger partial charge in [-0.05, 0) is 30.3 Å². The van der Waals surface area contributed by atoms with Gasteiger partial charge >= 0.3 is 5.97 Å². The molecular formula is C16H10Cl2N2O2. The highest BCUT2D eigenvalue weighted by atomic mass is 35.5. The number of benzene rings is 1. The summed E-state index contributed by atoms with van der Waals surface area (Å²) >= 11 is 11.9. The van der Waals surface area contributed by atoms with E-state index in [0.717, 1.165) is 11.6 Å². The van der Waals surface area contributed by atoms with Crippen LogP contribution < -0.4 is 0 Å². The number of halogens is 2. The predicted molar refractivity (Wildman–Crippen MR) is 87.3 cm³/mol. The van der Waals surface area contributed by atoms with E-state index >= 15 is 0 Å². The number of aromatic nitrogens is 2. The average molecular weight is 333 g/mol. The van der Waals surface area contributed by atoms with Crippen LogP contribution >= 0.6 is 23.2 Å². The molecule has 3 aromatic rings. The van der Waals surface area contributed by atoms with E-state index in [4.69, 9.17) is 28.3 Å². The predicted octanol–water partition coefficient (Wildman–Crippen LogP) is 4.41. The SMILES string of the molecule is O=C(O)/C=C\c1c(-c2ccc(Cl)cc2)nc2ccc(Cl)cn12. The lowest BCUT2D eigenvalue weighted by Gasteiger charge is -2.01. The zero-order chi connectivity index (χ0) is 15.7. The second kappa shape index (κ2) is 5.83. The topological polar surface area (TPSA) is 54.6 Å². The van der Waals surface area contributed by atoms with Gasteiger partial charge in [0.1, 0.15) is 5.65 Å². The Morgan fingerprint density at radius 3 is 2.45 bits per heavy atom. The summed E-state index contributed by atoms with van der Waals surface area (Å²) in [5.74, 6) is -1.03. The minimum atomic E-state index is -1.03. The lowest BCUT2D eigenvalue weighted by Crippen LogP contribution is -1.91. The van der Waals surface area contributed by atoms with E-state index in [1.54, 1.807) is 34.9 Å². The molecule has 22 heavy (non-hydrogen) atoms. The van der Waals surface area contributed by atoms with Gasteiger partial charge in [-0.25, -0.2) is 9.78 Å². The van der Waals surface area contributed by atoms with Crippen molar-refractivity contribution in [3.05, 3.63) is 64.4 Å². The molecule has 1 aromatic carbocycles. The van der Waals surface area contributed by atoms with Crippen LogP contribution in [0.3, 0.4) is 0 Å². The Balaban J connectivity index is 2.26. The smallest absolute Gasteiger partial charge is 0.328 e. The van der Waals surface area contributed by atoms with Crippen LogP contribution in [0.25, 0.3) is 23.0 Å². The molecule has 0 atom stereocenters. The quantitative estimate of drug-likeness (QED) is 0.723. The van der Waals surface area contributed by atoms with Gasteiger partial charge in [-0.15, -0.1) is 0 Å². The van der Waals surface area contributed by atoms with Crippen molar-refractivity contribution in [1.82, 2.24) is 9.38 Å². The van der Waals surface area contributed by atoms with Crippen LogP contribution in [0.2, 0.25) is 10.0 Å². The Bertz CT molecular complexity index is 883. The maximum Gasteiger partial charge on any atom is 0.328 e. The van der Waals surface area contributed by atoms with Crippen LogP contribution in [0, 0.1) is 0 Å². The van der Waals surface area contributed by atoms with Crippen molar-refractivity contribution < 1.29 is 9.90 Å². The second-order valence-electron chi connectivity index (χ2n) is 4.60. The van der Waals surface area contributed by atoms with Crippen molar-refractivity contribution in [2.24, 2.45) is 0 Å². The molecule has 0 bridgehead atoms. The summed E-state index contributed by atoms with van der Waals surface area (Å²) in [4.78, 5) is 15.4. The van der Waals surface area contributed by atoms with Gasteiger partial charge < -0.3 is 5.11 Å². The molecule has 6 heteroatoms. The zero-order valence-corrected chi connectivity index (χ0v) is 12.7. The molecule has 110 valence electrons. The molecule has 2 aromatic heterocycles. The molecule has 0 spiro atoms. The van der Waals surface area contributed by atoms with Crippen LogP contribution in [-0.2, 0) is 4.79 Å². The van der Waals surface area contributed by atoms with Crippen LogP contribution in [0.1, 0.15) is 5.69 Å². The molecule has 4 nitrogen and oxygen atoms in total. The largest absolute Gasteiger partial charge is 0.478 e. The van der Waals surface area contributed by atoms with E-state index in [1.165, 1.54) is 6.08 Å². The van der Waals surface area contributed by atoms with E-state index in [-0.39, 0.29) is 0 Å². The second-order valence-corrected chi connectivity index (χ2v) is 5.47. The van der Waals surface area contributed by atoms with Gasteiger partial charge in [0.15, 0.2) is 0 Å². The van der Waals surface area contributed by atoms with Crippen molar-refractivity contribution in [2.75, 3.05) is 0 Å². The van der Waals surface area contributed by atoms with Crippen LogP contribution in [0.5, 0.6) is 0 Å². The number of pyridine rings is 1. The summed E-state index contributed by atoms with van der Waals surface area (Å²) in [7, 11) is 0. The number of nitrogens with zero attached hydrogens (tertiary/aromatic N) is 2. The summed E-state index contributed by atoms with van der Waals surface area (Å²) in [5, 5.41) is 10.0. The van der Waals surface area contributed by atoms with Crippen LogP contribution in [-0.4, -0.2) is 20.5 Å². The van der Waals surface area contributed by atoms with Crippen LogP contribution in [0.15, 0.2) is 48.7 Å². The standard InChI is InChI=1S/C16H10Cl2N2O2/c17-11-3-1-10(2-4-11)16-13(6-8-15(21)22)20-9-12(18)5-7-14(20)19-16/h1-9H,(H,21,22)/b8-6-. The van der Waals surface area contributed by atoms with Gasteiger partial charge in [0.05, 0.1) is 16.4 Å². The van der Waals surface area contributed by atoms with Gasteiger partial charge in [-0.1, -0.05) is 35.3 Å². The first kappa shape index (κ1) is 14.6. The average Bonchev–Trinajstić information content (AvgIpc) is 2.83. The summed E-state index contributed by atoms with van der Waals surface area (Å²) in [6.45, 7) is 0. The van der Waals surface area contributed by atoms with Gasteiger partial charge in [0.25, 0.3) is 0 Å². The zero-order valence-electron chi connectivity index (χ0n) is 11.2. The van der Waals surface area contributed by atoms with Crippen molar-refractivity contribution in [3.63, 3.8) is 0 Å². The fourth-order valence-electron chi connectivity index (χ4n) is 2.17. The summed E-state index contributed by atoms with van der Waals surface area (Å²) < 4.78 is 1.76. The minimum absolute atomic E-state index is 0.539. The monoisotopic (exact) mass is 332 g/mol. The lowest BCUT2D eigenvalue weighted by atomic mass is 10.1. The molecule has 1 N–H and O–H groups in total. The fraction of sp³-hybridized carbons (Fsp3) is 0. The number of fused-ring (bicyclic) bond motifs is 1. The van der Waals surface area contributed by atoms with Crippen molar-refractivity contribution in [3.8, 4) is 11.3 Å². The third-order valence-electron chi connectivity index (χ3n) is 3.12. The minimum Gasteiger partial charge on any atom is -0.478 e. The molecule has 0 saturated heterocycles. The van der Waals surface area contributed by atoms with E-state index in [9.17, 15) is 4.79 Å². The number of carboxylic acid groups (broad SMARTS) is 1. The van der Waals surface area contributed by atoms with Crippen molar-refractivity contribution in [1.29, 1.82) is 0 Å². The first-order valence-corrected chi connectivity index (χ1v) is 7.15. The maximum absolute atomic E-state index is 10.8. The number of imidazole rings is 1. The summed E-state index contributed by atoms with van der Waals surface area (Å²) in [6, 6.07) is 10.7. The van der Waals surface area contributed by atoms with Gasteiger partial charge in [0.2, 0.25) is 0 Å². The summed E-state index contributed by atoms with van der Waals surface area (Å²) in [5.41, 5.74) is 2.83. The molecule has 0 unspecified atom stereocenters. The Morgan fingerprint density at radius 1 is 1.09 bits per heavy atom. The van der Waals surface area contributed by atoms with E-state index in [1.807, 2.05) is 12.1 Å². The highest BCUT2D eigenvalue weighted by Crippen LogP contribution is 2.27. The normalized spacial score (nSPS) is 11.4. The number of carbonyl (C=O) groups is 1. The highest BCUT2D eigenvalue weighted by Gasteiger charge is 2.12. The first-order chi connectivity index (χ1) is 10.5. The Morgan fingerprint density at radius 2 is 1.77 bits per heavy atom. The number of aliphatic carboxylic acids is 1. The lowest BCUT2D eigenvalue weighted by molar-refractivity contribution is -0.131. The first-order valence-electron chi connectivity index (χ1n) is 6.39. The molecule has 0 aliphatic carbocycles. The number of hydrogen-bond acceptors (Lipinski definition) is 2. The van der Waals surface area contributed by atoms with E-state index in [2.05, 4.69) is 4.98 Å². The molecule has 0 fully saturated rings. The highest BCUT2D eigenvalue weighted by molar-refractivity contribution is 6.30. The van der Waals surface area contributed by atoms with Gasteiger partial charge in [0, 0.05) is 22.9 Å². The Labute approximate surface area is 136 Å². The molecule has 0 amide bonds. The van der Waals surface area contributed by atoms with Crippen molar-refractivity contribution >= 4 is 40.9 Å². The van der Waals surface area contributed by atoms with Gasteiger partial charge in [-0.3, -0.25) is 4.40 Å². The van der Waals surface area contributed by atoms with E-state index in [0.29, 0.717) is 27.1 Å². The van der Waals surface area contributed by atoms with E-state index < -0.39 is 5.97 Å². The summed E-state index contributed by atoms with van der Waals surface area (Å²) in [6.07, 6.45) is 4.28. The molecule has 0 aliphatic heterocycles. The maximum atomic E-state index is 10.8. The molecule has 0 aliphatic rings. The van der Waals surface area contributed by atoms with Crippen molar-refractivity contribution in [2.45, 2.75) is 0 Å². The van der Waals surface area contributed by atoms with Gasteiger partial charge in [-0.2, -0.15) is 0 Å². The number of carboxylic acids is 1. The fourth-order valence-corrected chi connectivity index (χ4v) is 2.45. The third-order valence-corrected chi connectivity index (χ3v) is 3.60. The number of hydrogen-bond donors (Lipinski definition) is 1. The Hall–Kier alpha value is -2.30.